The molecule has 0 unspecified atom stereocenters. The van der Waals surface area contributed by atoms with Gasteiger partial charge in [-0.05, 0) is 0 Å². The molecule has 0 saturated heterocycles. The van der Waals surface area contributed by atoms with Crippen LogP contribution in [-0.2, 0) is 8.54 Å². The maximum absolute atomic E-state index is 9.81. The molecule has 0 heterocycles. The molecular weight excluding hydrogens is 234 g/mol. The summed E-state index contributed by atoms with van der Waals surface area (Å²) in [7, 11) is -3.95. The van der Waals surface area contributed by atoms with Gasteiger partial charge in [-0.3, -0.25) is 0 Å². The van der Waals surface area contributed by atoms with Crippen molar-refractivity contribution in [2.75, 3.05) is 0 Å². The third-order valence-electron chi connectivity index (χ3n) is 0.330. The van der Waals surface area contributed by atoms with Crippen LogP contribution in [0.5, 0.6) is 0 Å². The largest absolute Gasteiger partial charge is 1.00 e. The second kappa shape index (κ2) is 6.51. The predicted molar refractivity (Wildman–Crippen MR) is 30.5 cm³/mol. The molecule has 0 bridgehead atoms. The average Bonchev–Trinajstić information content (AvgIpc) is 1.59. The van der Waals surface area contributed by atoms with Gasteiger partial charge in [0.15, 0.2) is 0 Å². The molecule has 0 spiro atoms. The van der Waals surface area contributed by atoms with Crippen LogP contribution in [0.25, 0.3) is 0 Å². The minimum Gasteiger partial charge on any atom is 1.00 e. The van der Waals surface area contributed by atoms with E-state index in [1.165, 1.54) is 6.08 Å². The molecule has 0 aliphatic carbocycles. The Morgan fingerprint density at radius 2 is 2.11 bits per heavy atom. The van der Waals surface area contributed by atoms with Crippen LogP contribution in [-0.4, -0.2) is 26.8 Å². The molecule has 0 aliphatic rings. The molecule has 9 heavy (non-hydrogen) atoms. The van der Waals surface area contributed by atoms with Gasteiger partial charge in [-0.1, -0.05) is 0 Å². The Kier molecular flexibility index (Phi) is 9.70. The Morgan fingerprint density at radius 3 is 2.22 bits per heavy atom. The molecule has 6 heteroatoms. The van der Waals surface area contributed by atoms with Crippen molar-refractivity contribution in [3.63, 3.8) is 0 Å². The number of rotatable bonds is 3. The molecule has 0 aromatic carbocycles. The zero-order valence-corrected chi connectivity index (χ0v) is 10.7. The summed E-state index contributed by atoms with van der Waals surface area (Å²) in [5, 5.41) is 0.304. The molecule has 0 amide bonds. The van der Waals surface area contributed by atoms with Gasteiger partial charge in [0, 0.05) is 0 Å². The summed E-state index contributed by atoms with van der Waals surface area (Å²) in [6.45, 7) is 3.28. The molecule has 0 atom stereocenters. The third kappa shape index (κ3) is 12.9. The smallest absolute Gasteiger partial charge is 1.00 e. The van der Waals surface area contributed by atoms with Gasteiger partial charge in [0.2, 0.25) is 0 Å². The predicted octanol–water partition coefficient (Wildman–Crippen LogP) is -3.24. The van der Waals surface area contributed by atoms with E-state index in [1.807, 2.05) is 0 Å². The van der Waals surface area contributed by atoms with Crippen molar-refractivity contribution in [3.05, 3.63) is 12.7 Å². The van der Waals surface area contributed by atoms with E-state index in [0.29, 0.717) is 5.32 Å². The van der Waals surface area contributed by atoms with Crippen LogP contribution in [0.1, 0.15) is 0 Å². The van der Waals surface area contributed by atoms with Crippen LogP contribution >= 0.6 is 0 Å². The van der Waals surface area contributed by atoms with E-state index < -0.39 is 22.4 Å². The van der Waals surface area contributed by atoms with Gasteiger partial charge in [-0.2, -0.15) is 0 Å². The van der Waals surface area contributed by atoms with Crippen LogP contribution in [0.2, 0.25) is 5.32 Å². The molecular formula is C3H5KO3SSe. The van der Waals surface area contributed by atoms with Gasteiger partial charge in [-0.15, -0.1) is 0 Å². The maximum atomic E-state index is 9.81. The number of hydrogen-bond donors (Lipinski definition) is 0. The second-order valence-corrected chi connectivity index (χ2v) is 6.79. The summed E-state index contributed by atoms with van der Waals surface area (Å²) in [5.41, 5.74) is 0. The van der Waals surface area contributed by atoms with Gasteiger partial charge in [-0.25, -0.2) is 0 Å². The topological polar surface area (TPSA) is 57.2 Å². The van der Waals surface area contributed by atoms with Crippen LogP contribution < -0.4 is 51.4 Å². The summed E-state index contributed by atoms with van der Waals surface area (Å²) in [4.78, 5) is 0. The van der Waals surface area contributed by atoms with Gasteiger partial charge in [0.05, 0.1) is 0 Å². The summed E-state index contributed by atoms with van der Waals surface area (Å²) in [6, 6.07) is 0. The Bertz CT molecular complexity index is 164. The SMILES string of the molecule is C=CC[Se]S(=O)(=O)[O-].[K+]. The summed E-state index contributed by atoms with van der Waals surface area (Å²) in [6.07, 6.45) is 1.43. The van der Waals surface area contributed by atoms with E-state index in [1.54, 1.807) is 0 Å². The van der Waals surface area contributed by atoms with E-state index in [0.717, 1.165) is 0 Å². The van der Waals surface area contributed by atoms with Crippen molar-refractivity contribution in [2.45, 2.75) is 5.32 Å². The Morgan fingerprint density at radius 1 is 1.67 bits per heavy atom. The third-order valence-corrected chi connectivity index (χ3v) is 3.92. The van der Waals surface area contributed by atoms with Crippen molar-refractivity contribution in [1.29, 1.82) is 0 Å². The van der Waals surface area contributed by atoms with Crippen molar-refractivity contribution in [1.82, 2.24) is 0 Å². The molecule has 0 aromatic rings. The van der Waals surface area contributed by atoms with Crippen molar-refractivity contribution < 1.29 is 64.4 Å². The Labute approximate surface area is 103 Å². The van der Waals surface area contributed by atoms with Gasteiger partial charge in [0.1, 0.15) is 0 Å². The molecule has 0 aromatic heterocycles. The van der Waals surface area contributed by atoms with Crippen LogP contribution in [0.4, 0.5) is 0 Å². The zero-order chi connectivity index (χ0) is 6.62. The van der Waals surface area contributed by atoms with E-state index >= 15 is 0 Å². The Hall–Kier alpha value is 1.81. The Balaban J connectivity index is 0. The van der Waals surface area contributed by atoms with Gasteiger partial charge < -0.3 is 0 Å². The van der Waals surface area contributed by atoms with Crippen LogP contribution in [0.3, 0.4) is 0 Å². The van der Waals surface area contributed by atoms with E-state index in [-0.39, 0.29) is 51.4 Å². The molecule has 0 N–H and O–H groups in total. The molecule has 0 aliphatic heterocycles. The first-order valence-electron chi connectivity index (χ1n) is 1.77. The first-order chi connectivity index (χ1) is 3.56. The fourth-order valence-corrected chi connectivity index (χ4v) is 2.05. The normalized spacial score (nSPS) is 9.89. The second-order valence-electron chi connectivity index (χ2n) is 0.981. The molecule has 0 fully saturated rings. The zero-order valence-electron chi connectivity index (χ0n) is 5.03. The molecule has 0 radical (unpaired) electrons. The van der Waals surface area contributed by atoms with E-state index in [4.69, 9.17) is 0 Å². The molecule has 48 valence electrons. The van der Waals surface area contributed by atoms with Gasteiger partial charge >= 0.3 is 105 Å². The molecule has 0 saturated carbocycles. The van der Waals surface area contributed by atoms with Crippen molar-refractivity contribution in [2.24, 2.45) is 0 Å². The standard InChI is InChI=1S/C3H6O3SSe.K/c1-2-3-8-7(4,5)6;/h2H,1,3H2,(H,4,5,6);/q;+1/p-1. The molecule has 3 nitrogen and oxygen atoms in total. The monoisotopic (exact) mass is 240 g/mol. The average molecular weight is 239 g/mol. The van der Waals surface area contributed by atoms with E-state index in [2.05, 4.69) is 6.58 Å². The summed E-state index contributed by atoms with van der Waals surface area (Å²) in [5.74, 6) is 0. The first kappa shape index (κ1) is 13.4. The number of hydrogen-bond acceptors (Lipinski definition) is 3. The summed E-state index contributed by atoms with van der Waals surface area (Å²) >= 11 is -0.839. The van der Waals surface area contributed by atoms with Crippen molar-refractivity contribution >= 4 is 22.4 Å². The van der Waals surface area contributed by atoms with Crippen molar-refractivity contribution in [3.8, 4) is 0 Å². The maximum Gasteiger partial charge on any atom is 1.00 e. The summed E-state index contributed by atoms with van der Waals surface area (Å²) < 4.78 is 29.4. The van der Waals surface area contributed by atoms with Crippen LogP contribution in [0, 0.1) is 0 Å². The van der Waals surface area contributed by atoms with Crippen LogP contribution in [0.15, 0.2) is 12.7 Å². The van der Waals surface area contributed by atoms with Gasteiger partial charge in [0.25, 0.3) is 0 Å². The fraction of sp³-hybridized carbons (Fsp3) is 0.333. The quantitative estimate of drug-likeness (QED) is 0.295. The molecule has 0 rings (SSSR count). The number of allylic oxidation sites excluding steroid dienone is 1. The minimum atomic E-state index is -3.95. The van der Waals surface area contributed by atoms with E-state index in [9.17, 15) is 13.0 Å². The first-order valence-corrected chi connectivity index (χ1v) is 6.41. The fourth-order valence-electron chi connectivity index (χ4n) is 0.131. The minimum absolute atomic E-state index is 0.